The molecule has 0 aromatic carbocycles. The van der Waals surface area contributed by atoms with E-state index in [0.717, 1.165) is 0 Å². The number of hydrogen-bond donors (Lipinski definition) is 0. The first-order chi connectivity index (χ1) is 11.0. The molecule has 26 heavy (non-hydrogen) atoms. The third-order valence-corrected chi connectivity index (χ3v) is 5.25. The van der Waals surface area contributed by atoms with Crippen LogP contribution < -0.4 is 0 Å². The maximum absolute atomic E-state index is 14.7. The molecule has 3 unspecified atom stereocenters. The Kier molecular flexibility index (Phi) is 4.04. The number of rotatable bonds is 0. The van der Waals surface area contributed by atoms with Crippen LogP contribution in [0.4, 0.5) is 57.1 Å². The summed E-state index contributed by atoms with van der Waals surface area (Å²) in [4.78, 5) is 0. The number of ether oxygens (including phenoxy) is 1. The Morgan fingerprint density at radius 3 is 1.27 bits per heavy atom. The Morgan fingerprint density at radius 1 is 0.577 bits per heavy atom. The van der Waals surface area contributed by atoms with Gasteiger partial charge in [-0.05, 0) is 0 Å². The van der Waals surface area contributed by atoms with Crippen molar-refractivity contribution in [2.24, 2.45) is 0 Å². The molecule has 0 aromatic rings. The van der Waals surface area contributed by atoms with Crippen LogP contribution in [0, 0.1) is 0 Å². The molecule has 154 valence electrons. The Morgan fingerprint density at radius 2 is 0.923 bits per heavy atom. The molecule has 17 heteroatoms. The number of fused-ring (bicyclic) bond motifs is 1. The molecule has 3 atom stereocenters. The van der Waals surface area contributed by atoms with Crippen LogP contribution in [0.1, 0.15) is 0 Å². The number of hydrogen-bond acceptors (Lipinski definition) is 1. The van der Waals surface area contributed by atoms with Gasteiger partial charge in [-0.1, -0.05) is 34.8 Å². The first kappa shape index (κ1) is 22.2. The fraction of sp³-hybridized carbons (Fsp3) is 1.00. The minimum absolute atomic E-state index is 3.05. The Hall–Kier alpha value is -0.0800. The zero-order chi connectivity index (χ0) is 21.2. The lowest BCUT2D eigenvalue weighted by Gasteiger charge is -2.54. The number of halogens is 16. The summed E-state index contributed by atoms with van der Waals surface area (Å²) in [6, 6.07) is 0. The average Bonchev–Trinajstić information content (AvgIpc) is 2.54. The van der Waals surface area contributed by atoms with Crippen LogP contribution in [0.25, 0.3) is 0 Å². The molecular weight excluding hydrogens is 477 g/mol. The lowest BCUT2D eigenvalue weighted by Crippen LogP contribution is -2.87. The molecule has 0 amide bonds. The van der Waals surface area contributed by atoms with Crippen LogP contribution in [-0.2, 0) is 4.74 Å². The molecule has 0 aromatic heterocycles. The van der Waals surface area contributed by atoms with E-state index in [1.54, 1.807) is 0 Å². The lowest BCUT2D eigenvalue weighted by atomic mass is 9.67. The summed E-state index contributed by atoms with van der Waals surface area (Å²) < 4.78 is 174. The van der Waals surface area contributed by atoms with E-state index in [-0.39, 0.29) is 0 Å². The van der Waals surface area contributed by atoms with Crippen LogP contribution in [-0.4, -0.2) is 50.8 Å². The van der Waals surface area contributed by atoms with Gasteiger partial charge in [0, 0.05) is 0 Å². The molecule has 2 rings (SSSR count). The van der Waals surface area contributed by atoms with Crippen molar-refractivity contribution in [1.29, 1.82) is 0 Å². The van der Waals surface area contributed by atoms with Gasteiger partial charge in [0.2, 0.25) is 0 Å². The van der Waals surface area contributed by atoms with Crippen molar-refractivity contribution in [3.05, 3.63) is 0 Å². The van der Waals surface area contributed by atoms with Gasteiger partial charge in [0.15, 0.2) is 0 Å². The van der Waals surface area contributed by atoms with Gasteiger partial charge < -0.3 is 4.74 Å². The van der Waals surface area contributed by atoms with Gasteiger partial charge in [0.25, 0.3) is 15.2 Å². The number of alkyl halides is 16. The highest BCUT2D eigenvalue weighted by atomic mass is 35.5. The van der Waals surface area contributed by atoms with Crippen molar-refractivity contribution in [2.45, 2.75) is 50.8 Å². The van der Waals surface area contributed by atoms with Gasteiger partial charge in [-0.15, -0.1) is 0 Å². The molecule has 1 aliphatic carbocycles. The zero-order valence-electron chi connectivity index (χ0n) is 11.0. The van der Waals surface area contributed by atoms with E-state index in [2.05, 4.69) is 39.5 Å². The van der Waals surface area contributed by atoms with E-state index in [4.69, 9.17) is 0 Å². The molecular formula is C9Cl3F13O. The van der Waals surface area contributed by atoms with Crippen molar-refractivity contribution in [1.82, 2.24) is 0 Å². The van der Waals surface area contributed by atoms with Crippen molar-refractivity contribution in [2.75, 3.05) is 0 Å². The van der Waals surface area contributed by atoms with E-state index < -0.39 is 50.8 Å². The predicted octanol–water partition coefficient (Wildman–Crippen LogP) is 5.62. The van der Waals surface area contributed by atoms with Crippen LogP contribution in [0.5, 0.6) is 0 Å². The first-order valence-corrected chi connectivity index (χ1v) is 6.82. The second-order valence-corrected chi connectivity index (χ2v) is 7.12. The summed E-state index contributed by atoms with van der Waals surface area (Å²) in [6.45, 7) is 0. The van der Waals surface area contributed by atoms with Gasteiger partial charge >= 0.3 is 35.5 Å². The van der Waals surface area contributed by atoms with Gasteiger partial charge in [0.05, 0.1) is 0 Å². The van der Waals surface area contributed by atoms with Crippen molar-refractivity contribution < 1.29 is 61.8 Å². The third kappa shape index (κ3) is 1.66. The van der Waals surface area contributed by atoms with Crippen LogP contribution in [0.3, 0.4) is 0 Å². The monoisotopic (exact) mass is 476 g/mol. The normalized spacial score (nSPS) is 45.2. The van der Waals surface area contributed by atoms with Crippen LogP contribution >= 0.6 is 34.8 Å². The molecule has 0 bridgehead atoms. The van der Waals surface area contributed by atoms with E-state index in [9.17, 15) is 57.1 Å². The highest BCUT2D eigenvalue weighted by Crippen LogP contribution is 2.80. The summed E-state index contributed by atoms with van der Waals surface area (Å²) in [5.41, 5.74) is -13.9. The van der Waals surface area contributed by atoms with Gasteiger partial charge in [-0.25, -0.2) is 8.78 Å². The molecule has 1 saturated carbocycles. The summed E-state index contributed by atoms with van der Waals surface area (Å²) in [5.74, 6) is -29.5. The molecule has 1 aliphatic heterocycles. The molecule has 2 fully saturated rings. The summed E-state index contributed by atoms with van der Waals surface area (Å²) >= 11 is 13.5. The Balaban J connectivity index is 3.09. The van der Waals surface area contributed by atoms with Crippen LogP contribution in [0.15, 0.2) is 0 Å². The molecule has 0 radical (unpaired) electrons. The molecule has 1 nitrogen and oxygen atoms in total. The van der Waals surface area contributed by atoms with Gasteiger partial charge in [0.1, 0.15) is 0 Å². The van der Waals surface area contributed by atoms with E-state index >= 15 is 0 Å². The quantitative estimate of drug-likeness (QED) is 0.325. The molecule has 0 N–H and O–H groups in total. The van der Waals surface area contributed by atoms with Crippen molar-refractivity contribution >= 4 is 34.8 Å². The van der Waals surface area contributed by atoms with Gasteiger partial charge in [-0.2, -0.15) is 48.3 Å². The molecule has 1 saturated heterocycles. The average molecular weight is 477 g/mol. The van der Waals surface area contributed by atoms with Crippen LogP contribution in [0.2, 0.25) is 0 Å². The smallest absolute Gasteiger partial charge is 0.311 e. The predicted molar refractivity (Wildman–Crippen MR) is 57.6 cm³/mol. The zero-order valence-corrected chi connectivity index (χ0v) is 13.2. The SMILES string of the molecule is FC(F)(F)C1(F)C(Cl)(Cl)OC2(Cl)C(F)(F)C(F)(F)C(F)(F)C(F)(F)C21F. The maximum atomic E-state index is 14.7. The second kappa shape index (κ2) is 4.73. The molecule has 0 spiro atoms. The second-order valence-electron chi connectivity index (χ2n) is 5.33. The first-order valence-electron chi connectivity index (χ1n) is 5.68. The van der Waals surface area contributed by atoms with E-state index in [0.29, 0.717) is 0 Å². The topological polar surface area (TPSA) is 9.23 Å². The third-order valence-electron chi connectivity index (χ3n) is 4.00. The van der Waals surface area contributed by atoms with Gasteiger partial charge in [-0.3, -0.25) is 0 Å². The minimum atomic E-state index is -7.59. The highest BCUT2D eigenvalue weighted by molar-refractivity contribution is 6.49. The Labute approximate surface area is 148 Å². The van der Waals surface area contributed by atoms with E-state index in [1.165, 1.54) is 0 Å². The highest BCUT2D eigenvalue weighted by Gasteiger charge is 3.10. The fourth-order valence-electron chi connectivity index (χ4n) is 2.61. The minimum Gasteiger partial charge on any atom is -0.311 e. The van der Waals surface area contributed by atoms with Crippen molar-refractivity contribution in [3.63, 3.8) is 0 Å². The largest absolute Gasteiger partial charge is 0.431 e. The summed E-state index contributed by atoms with van der Waals surface area (Å²) in [7, 11) is 0. The van der Waals surface area contributed by atoms with Crippen molar-refractivity contribution in [3.8, 4) is 0 Å². The molecule has 1 heterocycles. The Bertz CT molecular complexity index is 647. The molecule has 2 aliphatic rings. The lowest BCUT2D eigenvalue weighted by molar-refractivity contribution is -0.464. The maximum Gasteiger partial charge on any atom is 0.431 e. The fourth-order valence-corrected chi connectivity index (χ4v) is 3.88. The summed E-state index contributed by atoms with van der Waals surface area (Å²) in [6.07, 6.45) is -7.16. The summed E-state index contributed by atoms with van der Waals surface area (Å²) in [5, 5.41) is -6.09. The standard InChI is InChI=1S/C9Cl3F13O/c10-3-1(13,2(14,9(23,24)25)8(11,12)26-3)4(15,16)6(19,20)7(21,22)5(3,17)18. The van der Waals surface area contributed by atoms with E-state index in [1.807, 2.05) is 0 Å².